The van der Waals surface area contributed by atoms with Crippen LogP contribution in [0, 0.1) is 0 Å². The zero-order valence-electron chi connectivity index (χ0n) is 12.9. The Balaban J connectivity index is 1.59. The first-order valence-electron chi connectivity index (χ1n) is 7.16. The topological polar surface area (TPSA) is 84.8 Å². The largest absolute Gasteiger partial charge is 0.471 e. The van der Waals surface area contributed by atoms with E-state index in [4.69, 9.17) is 16.3 Å². The predicted molar refractivity (Wildman–Crippen MR) is 85.8 cm³/mol. The number of carbonyl (C=O) groups excluding carboxylic acids is 1. The van der Waals surface area contributed by atoms with Crippen LogP contribution in [-0.2, 0) is 12.9 Å². The van der Waals surface area contributed by atoms with E-state index >= 15 is 0 Å². The Morgan fingerprint density at radius 3 is 2.85 bits per heavy atom. The normalized spacial score (nSPS) is 11.4. The predicted octanol–water partition coefficient (Wildman–Crippen LogP) is 3.57. The number of anilines is 1. The van der Waals surface area contributed by atoms with Gasteiger partial charge in [0.15, 0.2) is 12.4 Å². The number of halogens is 4. The van der Waals surface area contributed by atoms with Crippen LogP contribution in [-0.4, -0.2) is 25.9 Å². The third-order valence-corrected chi connectivity index (χ3v) is 3.40. The van der Waals surface area contributed by atoms with Crippen LogP contribution < -0.4 is 10.1 Å². The van der Waals surface area contributed by atoms with E-state index in [1.807, 2.05) is 0 Å². The van der Waals surface area contributed by atoms with Crippen LogP contribution in [0.2, 0.25) is 5.02 Å². The summed E-state index contributed by atoms with van der Waals surface area (Å²) in [7, 11) is 0. The second-order valence-electron chi connectivity index (χ2n) is 5.12. The van der Waals surface area contributed by atoms with Crippen LogP contribution in [0.25, 0.3) is 0 Å². The van der Waals surface area contributed by atoms with E-state index in [0.717, 1.165) is 0 Å². The lowest BCUT2D eigenvalue weighted by atomic mass is 10.3. The second-order valence-corrected chi connectivity index (χ2v) is 5.55. The van der Waals surface area contributed by atoms with E-state index in [1.54, 1.807) is 29.4 Å². The fourth-order valence-electron chi connectivity index (χ4n) is 1.97. The molecule has 2 N–H and O–H groups in total. The van der Waals surface area contributed by atoms with Gasteiger partial charge in [-0.1, -0.05) is 17.7 Å². The van der Waals surface area contributed by atoms with E-state index in [2.05, 4.69) is 15.5 Å². The third kappa shape index (κ3) is 4.33. The second kappa shape index (κ2) is 7.08. The van der Waals surface area contributed by atoms with Gasteiger partial charge < -0.3 is 10.1 Å². The number of benzene rings is 1. The minimum absolute atomic E-state index is 0.0524. The first-order valence-corrected chi connectivity index (χ1v) is 7.54. The highest BCUT2D eigenvalue weighted by Crippen LogP contribution is 2.27. The molecule has 0 saturated carbocycles. The zero-order valence-corrected chi connectivity index (χ0v) is 13.7. The lowest BCUT2D eigenvalue weighted by Crippen LogP contribution is -2.12. The molecule has 0 aliphatic carbocycles. The van der Waals surface area contributed by atoms with Crippen molar-refractivity contribution in [2.24, 2.45) is 0 Å². The van der Waals surface area contributed by atoms with Crippen molar-refractivity contribution in [3.8, 4) is 5.75 Å². The van der Waals surface area contributed by atoms with Crippen LogP contribution >= 0.6 is 11.6 Å². The average molecular weight is 386 g/mol. The highest BCUT2D eigenvalue weighted by Gasteiger charge is 2.33. The van der Waals surface area contributed by atoms with Gasteiger partial charge in [0, 0.05) is 11.1 Å². The Labute approximate surface area is 149 Å². The molecule has 0 aliphatic rings. The number of H-pyrrole nitrogens is 1. The van der Waals surface area contributed by atoms with Crippen molar-refractivity contribution < 1.29 is 22.7 Å². The number of ether oxygens (including phenoxy) is 1. The van der Waals surface area contributed by atoms with Gasteiger partial charge in [-0.05, 0) is 18.2 Å². The Kier molecular flexibility index (Phi) is 4.85. The molecule has 3 rings (SSSR count). The molecule has 3 aromatic rings. The number of hydrogen-bond acceptors (Lipinski definition) is 4. The number of rotatable bonds is 5. The summed E-state index contributed by atoms with van der Waals surface area (Å²) in [5.41, 5.74) is -1.21. The molecule has 1 amide bonds. The summed E-state index contributed by atoms with van der Waals surface area (Å²) >= 11 is 5.85. The molecule has 1 aromatic carbocycles. The van der Waals surface area contributed by atoms with E-state index in [0.29, 0.717) is 16.8 Å². The van der Waals surface area contributed by atoms with Gasteiger partial charge in [0.1, 0.15) is 11.4 Å². The first-order chi connectivity index (χ1) is 12.3. The summed E-state index contributed by atoms with van der Waals surface area (Å²) in [5, 5.41) is 12.0. The molecule has 0 aliphatic heterocycles. The number of aromatic amines is 1. The monoisotopic (exact) mass is 385 g/mol. The number of aromatic nitrogens is 4. The van der Waals surface area contributed by atoms with Gasteiger partial charge in [0.25, 0.3) is 5.91 Å². The van der Waals surface area contributed by atoms with Crippen molar-refractivity contribution in [1.29, 1.82) is 0 Å². The molecule has 26 heavy (non-hydrogen) atoms. The summed E-state index contributed by atoms with van der Waals surface area (Å²) in [4.78, 5) is 11.9. The molecular weight excluding hydrogens is 375 g/mol. The molecule has 0 spiro atoms. The number of nitrogens with zero attached hydrogens (tertiary/aromatic N) is 3. The number of carbonyl (C=O) groups is 1. The van der Waals surface area contributed by atoms with Gasteiger partial charge in [-0.3, -0.25) is 9.89 Å². The van der Waals surface area contributed by atoms with Crippen molar-refractivity contribution in [2.75, 3.05) is 5.32 Å². The molecule has 7 nitrogen and oxygen atoms in total. The highest BCUT2D eigenvalue weighted by atomic mass is 35.5. The van der Waals surface area contributed by atoms with Crippen molar-refractivity contribution in [1.82, 2.24) is 20.0 Å². The molecular formula is C15H11ClF3N5O2. The molecule has 0 bridgehead atoms. The molecule has 0 fully saturated rings. The maximum Gasteiger partial charge on any atom is 0.432 e. The first kappa shape index (κ1) is 17.8. The Morgan fingerprint density at radius 2 is 2.15 bits per heavy atom. The van der Waals surface area contributed by atoms with Crippen LogP contribution in [0.3, 0.4) is 0 Å². The number of alkyl halides is 3. The van der Waals surface area contributed by atoms with Gasteiger partial charge in [-0.25, -0.2) is 4.68 Å². The average Bonchev–Trinajstić information content (AvgIpc) is 3.22. The highest BCUT2D eigenvalue weighted by molar-refractivity contribution is 6.30. The van der Waals surface area contributed by atoms with Crippen molar-refractivity contribution in [3.63, 3.8) is 0 Å². The Morgan fingerprint density at radius 1 is 1.35 bits per heavy atom. The minimum atomic E-state index is -4.60. The van der Waals surface area contributed by atoms with Crippen LogP contribution in [0.5, 0.6) is 5.75 Å². The number of hydrogen-bond donors (Lipinski definition) is 2. The van der Waals surface area contributed by atoms with E-state index in [-0.39, 0.29) is 18.1 Å². The fraction of sp³-hybridized carbons (Fsp3) is 0.133. The molecule has 2 heterocycles. The lowest BCUT2D eigenvalue weighted by Gasteiger charge is -2.06. The minimum Gasteiger partial charge on any atom is -0.471 e. The summed E-state index contributed by atoms with van der Waals surface area (Å²) < 4.78 is 44.4. The SMILES string of the molecule is O=C(Nc1cnn(COc2cccc(Cl)c2)c1)c1cc(C(F)(F)F)[nH]n1. The maximum atomic E-state index is 12.5. The summed E-state index contributed by atoms with van der Waals surface area (Å²) in [6, 6.07) is 7.40. The fourth-order valence-corrected chi connectivity index (χ4v) is 2.15. The molecule has 11 heteroatoms. The molecule has 136 valence electrons. The smallest absolute Gasteiger partial charge is 0.432 e. The van der Waals surface area contributed by atoms with Crippen molar-refractivity contribution >= 4 is 23.2 Å². The lowest BCUT2D eigenvalue weighted by molar-refractivity contribution is -0.141. The third-order valence-electron chi connectivity index (χ3n) is 3.17. The quantitative estimate of drug-likeness (QED) is 0.703. The van der Waals surface area contributed by atoms with Gasteiger partial charge in [0.05, 0.1) is 18.1 Å². The standard InChI is InChI=1S/C15H11ClF3N5O2/c16-9-2-1-3-11(4-9)26-8-24-7-10(6-20-24)21-14(25)12-5-13(23-22-12)15(17,18)19/h1-7H,8H2,(H,21,25)(H,22,23). The maximum absolute atomic E-state index is 12.5. The van der Waals surface area contributed by atoms with Gasteiger partial charge >= 0.3 is 6.18 Å². The van der Waals surface area contributed by atoms with E-state index in [1.165, 1.54) is 17.1 Å². The Bertz CT molecular complexity index is 922. The van der Waals surface area contributed by atoms with Gasteiger partial charge in [-0.15, -0.1) is 0 Å². The zero-order chi connectivity index (χ0) is 18.7. The molecule has 0 radical (unpaired) electrons. The van der Waals surface area contributed by atoms with Crippen molar-refractivity contribution in [2.45, 2.75) is 12.9 Å². The summed E-state index contributed by atoms with van der Waals surface area (Å²) in [6.45, 7) is 0.0524. The molecule has 2 aromatic heterocycles. The van der Waals surface area contributed by atoms with E-state index < -0.39 is 17.8 Å². The molecule has 0 atom stereocenters. The Hall–Kier alpha value is -3.01. The van der Waals surface area contributed by atoms with Crippen LogP contribution in [0.15, 0.2) is 42.7 Å². The summed E-state index contributed by atoms with van der Waals surface area (Å²) in [6.07, 6.45) is -1.82. The molecule has 0 saturated heterocycles. The van der Waals surface area contributed by atoms with Gasteiger partial charge in [-0.2, -0.15) is 23.4 Å². The molecule has 0 unspecified atom stereocenters. The van der Waals surface area contributed by atoms with Gasteiger partial charge in [0.2, 0.25) is 0 Å². The van der Waals surface area contributed by atoms with Crippen LogP contribution in [0.1, 0.15) is 16.2 Å². The number of nitrogens with one attached hydrogen (secondary N) is 2. The van der Waals surface area contributed by atoms with Crippen LogP contribution in [0.4, 0.5) is 18.9 Å². The van der Waals surface area contributed by atoms with Crippen molar-refractivity contribution in [3.05, 3.63) is 59.1 Å². The number of amides is 1. The summed E-state index contributed by atoms with van der Waals surface area (Å²) in [5.74, 6) is -0.262. The van der Waals surface area contributed by atoms with E-state index in [9.17, 15) is 18.0 Å².